The van der Waals surface area contributed by atoms with Crippen LogP contribution in [-0.2, 0) is 14.9 Å². The predicted molar refractivity (Wildman–Crippen MR) is 123 cm³/mol. The van der Waals surface area contributed by atoms with Gasteiger partial charge in [-0.25, -0.2) is 4.99 Å². The molecule has 2 aromatic rings. The molecule has 32 heavy (non-hydrogen) atoms. The molecule has 2 aromatic carbocycles. The first-order valence-corrected chi connectivity index (χ1v) is 10.3. The Labute approximate surface area is 187 Å². The van der Waals surface area contributed by atoms with Gasteiger partial charge >= 0.3 is 0 Å². The van der Waals surface area contributed by atoms with Crippen molar-refractivity contribution < 1.29 is 14.3 Å². The Morgan fingerprint density at radius 3 is 2.31 bits per heavy atom. The van der Waals surface area contributed by atoms with Crippen LogP contribution in [-0.4, -0.2) is 37.9 Å². The topological polar surface area (TPSA) is 104 Å². The van der Waals surface area contributed by atoms with Crippen LogP contribution in [0.25, 0.3) is 5.70 Å². The normalized spacial score (nSPS) is 14.2. The van der Waals surface area contributed by atoms with Gasteiger partial charge in [0.15, 0.2) is 0 Å². The van der Waals surface area contributed by atoms with Crippen molar-refractivity contribution in [3.05, 3.63) is 76.4 Å². The molecule has 0 aromatic heterocycles. The Balaban J connectivity index is 1.90. The van der Waals surface area contributed by atoms with Crippen molar-refractivity contribution >= 4 is 23.3 Å². The first-order chi connectivity index (χ1) is 15.3. The standard InChI is InChI=1S/C25H26N4O3/c1-25(2,3)17-11-9-16(10-12-17)23(30)29-22-19-8-6-5-7-18(19)21(28-22)20(15-26)24(31)27-13-14-32-4/h5-12H,13-14H2,1-4H3,(H,27,31)(H,28,29,30)/b21-20-. The van der Waals surface area contributed by atoms with Crippen molar-refractivity contribution in [2.75, 3.05) is 20.3 Å². The molecule has 0 bridgehead atoms. The lowest BCUT2D eigenvalue weighted by molar-refractivity contribution is -0.117. The van der Waals surface area contributed by atoms with Crippen LogP contribution in [0.2, 0.25) is 0 Å². The number of aliphatic imine (C=N–C) groups is 1. The van der Waals surface area contributed by atoms with Crippen molar-refractivity contribution in [2.24, 2.45) is 4.99 Å². The van der Waals surface area contributed by atoms with Crippen molar-refractivity contribution in [1.29, 1.82) is 5.26 Å². The lowest BCUT2D eigenvalue weighted by atomic mass is 9.87. The molecule has 2 amide bonds. The Bertz CT molecular complexity index is 1130. The summed E-state index contributed by atoms with van der Waals surface area (Å²) in [5.41, 5.74) is 2.99. The molecular formula is C25H26N4O3. The highest BCUT2D eigenvalue weighted by atomic mass is 16.5. The molecule has 0 unspecified atom stereocenters. The molecular weight excluding hydrogens is 404 g/mol. The van der Waals surface area contributed by atoms with Gasteiger partial charge in [-0.1, -0.05) is 57.2 Å². The number of carbonyl (C=O) groups is 2. The Morgan fingerprint density at radius 1 is 1.06 bits per heavy atom. The lowest BCUT2D eigenvalue weighted by Gasteiger charge is -2.19. The van der Waals surface area contributed by atoms with E-state index in [9.17, 15) is 14.9 Å². The summed E-state index contributed by atoms with van der Waals surface area (Å²) in [4.78, 5) is 29.8. The van der Waals surface area contributed by atoms with Crippen LogP contribution in [0.15, 0.2) is 59.1 Å². The molecule has 0 saturated heterocycles. The van der Waals surface area contributed by atoms with Gasteiger partial charge < -0.3 is 15.4 Å². The van der Waals surface area contributed by atoms with E-state index in [1.54, 1.807) is 30.3 Å². The van der Waals surface area contributed by atoms with E-state index in [0.717, 1.165) is 5.56 Å². The highest BCUT2D eigenvalue weighted by Crippen LogP contribution is 2.30. The average molecular weight is 431 g/mol. The number of amides is 2. The van der Waals surface area contributed by atoms with Gasteiger partial charge in [-0.2, -0.15) is 5.26 Å². The number of fused-ring (bicyclic) bond motifs is 1. The summed E-state index contributed by atoms with van der Waals surface area (Å²) in [6.45, 7) is 6.93. The maximum Gasteiger partial charge on any atom is 0.264 e. The van der Waals surface area contributed by atoms with Crippen molar-refractivity contribution in [3.8, 4) is 6.07 Å². The highest BCUT2D eigenvalue weighted by Gasteiger charge is 2.27. The van der Waals surface area contributed by atoms with E-state index in [1.165, 1.54) is 7.11 Å². The van der Waals surface area contributed by atoms with Crippen LogP contribution in [0.1, 0.15) is 47.8 Å². The maximum atomic E-state index is 12.9. The van der Waals surface area contributed by atoms with Gasteiger partial charge in [-0.05, 0) is 23.1 Å². The molecule has 2 N–H and O–H groups in total. The number of benzene rings is 2. The van der Waals surface area contributed by atoms with Crippen LogP contribution in [0.4, 0.5) is 0 Å². The van der Waals surface area contributed by atoms with E-state index in [1.807, 2.05) is 24.3 Å². The summed E-state index contributed by atoms with van der Waals surface area (Å²) in [6, 6.07) is 16.5. The highest BCUT2D eigenvalue weighted by molar-refractivity contribution is 6.20. The number of nitrogens with one attached hydrogen (secondary N) is 2. The van der Waals surface area contributed by atoms with E-state index in [0.29, 0.717) is 29.1 Å². The average Bonchev–Trinajstić information content (AvgIpc) is 3.12. The number of carbonyl (C=O) groups excluding carboxylic acids is 2. The second kappa shape index (κ2) is 9.58. The van der Waals surface area contributed by atoms with Crippen molar-refractivity contribution in [2.45, 2.75) is 26.2 Å². The number of amidine groups is 1. The van der Waals surface area contributed by atoms with Gasteiger partial charge in [0.2, 0.25) is 0 Å². The van der Waals surface area contributed by atoms with Gasteiger partial charge in [0.25, 0.3) is 11.8 Å². The van der Waals surface area contributed by atoms with Gasteiger partial charge in [-0.3, -0.25) is 9.59 Å². The number of hydrogen-bond acceptors (Lipinski definition) is 5. The fourth-order valence-corrected chi connectivity index (χ4v) is 3.28. The van der Waals surface area contributed by atoms with Crippen LogP contribution >= 0.6 is 0 Å². The van der Waals surface area contributed by atoms with E-state index in [2.05, 4.69) is 36.4 Å². The van der Waals surface area contributed by atoms with E-state index in [-0.39, 0.29) is 29.1 Å². The molecule has 1 aliphatic rings. The molecule has 0 aliphatic carbocycles. The number of nitriles is 1. The fraction of sp³-hybridized carbons (Fsp3) is 0.280. The van der Waals surface area contributed by atoms with Crippen molar-refractivity contribution in [1.82, 2.24) is 10.6 Å². The number of rotatable bonds is 5. The number of hydrogen-bond donors (Lipinski definition) is 2. The van der Waals surface area contributed by atoms with E-state index < -0.39 is 5.91 Å². The molecule has 0 atom stereocenters. The first kappa shape index (κ1) is 22.9. The minimum absolute atomic E-state index is 0.0132. The number of methoxy groups -OCH3 is 1. The molecule has 3 rings (SSSR count). The SMILES string of the molecule is COCCNC(=O)/C(C#N)=C1\N=C(NC(=O)c2ccc(C(C)(C)C)cc2)c2ccccc21. The Morgan fingerprint density at radius 2 is 1.72 bits per heavy atom. The van der Waals surface area contributed by atoms with E-state index in [4.69, 9.17) is 4.74 Å². The van der Waals surface area contributed by atoms with Gasteiger partial charge in [0.05, 0.1) is 12.3 Å². The third-order valence-corrected chi connectivity index (χ3v) is 5.07. The summed E-state index contributed by atoms with van der Waals surface area (Å²) in [5, 5.41) is 15.1. The quantitative estimate of drug-likeness (QED) is 0.432. The van der Waals surface area contributed by atoms with Crippen LogP contribution in [0.3, 0.4) is 0 Å². The van der Waals surface area contributed by atoms with Crippen molar-refractivity contribution in [3.63, 3.8) is 0 Å². The smallest absolute Gasteiger partial charge is 0.264 e. The summed E-state index contributed by atoms with van der Waals surface area (Å²) in [5.74, 6) is -0.551. The largest absolute Gasteiger partial charge is 0.383 e. The summed E-state index contributed by atoms with van der Waals surface area (Å²) in [7, 11) is 1.53. The fourth-order valence-electron chi connectivity index (χ4n) is 3.28. The summed E-state index contributed by atoms with van der Waals surface area (Å²) >= 11 is 0. The first-order valence-electron chi connectivity index (χ1n) is 10.3. The zero-order valence-electron chi connectivity index (χ0n) is 18.7. The van der Waals surface area contributed by atoms with Gasteiger partial charge in [-0.15, -0.1) is 0 Å². The molecule has 7 nitrogen and oxygen atoms in total. The molecule has 164 valence electrons. The molecule has 7 heteroatoms. The molecule has 0 radical (unpaired) electrons. The Hall–Kier alpha value is -3.76. The van der Waals surface area contributed by atoms with Crippen LogP contribution in [0.5, 0.6) is 0 Å². The summed E-state index contributed by atoms with van der Waals surface area (Å²) in [6.07, 6.45) is 0. The lowest BCUT2D eigenvalue weighted by Crippen LogP contribution is -2.30. The third kappa shape index (κ3) is 4.93. The summed E-state index contributed by atoms with van der Waals surface area (Å²) < 4.78 is 4.93. The molecule has 1 heterocycles. The monoisotopic (exact) mass is 430 g/mol. The number of nitrogens with zero attached hydrogens (tertiary/aromatic N) is 2. The Kier molecular flexibility index (Phi) is 6.86. The predicted octanol–water partition coefficient (Wildman–Crippen LogP) is 3.17. The zero-order valence-corrected chi connectivity index (χ0v) is 18.7. The van der Waals surface area contributed by atoms with E-state index >= 15 is 0 Å². The van der Waals surface area contributed by atoms with Crippen LogP contribution < -0.4 is 10.6 Å². The van der Waals surface area contributed by atoms with Gasteiger partial charge in [0.1, 0.15) is 17.5 Å². The molecule has 0 fully saturated rings. The number of ether oxygens (including phenoxy) is 1. The maximum absolute atomic E-state index is 12.9. The molecule has 1 aliphatic heterocycles. The minimum Gasteiger partial charge on any atom is -0.383 e. The third-order valence-electron chi connectivity index (χ3n) is 5.07. The zero-order chi connectivity index (χ0) is 23.3. The second-order valence-electron chi connectivity index (χ2n) is 8.37. The minimum atomic E-state index is -0.538. The molecule has 0 saturated carbocycles. The molecule has 0 spiro atoms. The second-order valence-corrected chi connectivity index (χ2v) is 8.37. The van der Waals surface area contributed by atoms with Gasteiger partial charge in [0, 0.05) is 30.3 Å². The van der Waals surface area contributed by atoms with Crippen LogP contribution in [0, 0.1) is 11.3 Å².